The Kier molecular flexibility index (Phi) is 5.55. The number of ether oxygens (including phenoxy) is 1. The van der Waals surface area contributed by atoms with Gasteiger partial charge in [-0.15, -0.1) is 0 Å². The summed E-state index contributed by atoms with van der Waals surface area (Å²) in [5.74, 6) is 0.707. The van der Waals surface area contributed by atoms with E-state index in [2.05, 4.69) is 17.4 Å². The molecule has 2 amide bonds. The third kappa shape index (κ3) is 4.25. The lowest BCUT2D eigenvalue weighted by Gasteiger charge is -2.31. The molecule has 1 aliphatic carbocycles. The van der Waals surface area contributed by atoms with E-state index in [0.29, 0.717) is 5.92 Å². The molecule has 0 spiro atoms. The van der Waals surface area contributed by atoms with Gasteiger partial charge in [0.15, 0.2) is 0 Å². The topological polar surface area (TPSA) is 41.6 Å². The summed E-state index contributed by atoms with van der Waals surface area (Å²) in [5, 5.41) is 3.02. The van der Waals surface area contributed by atoms with Crippen LogP contribution in [0.1, 0.15) is 56.4 Å². The van der Waals surface area contributed by atoms with Crippen molar-refractivity contribution in [1.29, 1.82) is 0 Å². The molecule has 0 unspecified atom stereocenters. The van der Waals surface area contributed by atoms with Crippen molar-refractivity contribution < 1.29 is 9.53 Å². The van der Waals surface area contributed by atoms with Crippen LogP contribution < -0.4 is 5.32 Å². The zero-order valence-corrected chi connectivity index (χ0v) is 14.1. The van der Waals surface area contributed by atoms with Gasteiger partial charge in [-0.3, -0.25) is 0 Å². The van der Waals surface area contributed by atoms with Crippen LogP contribution in [0.2, 0.25) is 0 Å². The Balaban J connectivity index is 1.55. The predicted molar refractivity (Wildman–Crippen MR) is 92.9 cm³/mol. The second kappa shape index (κ2) is 7.82. The molecule has 0 radical (unpaired) electrons. The first kappa shape index (κ1) is 16.3. The number of hydrogen-bond acceptors (Lipinski definition) is 2. The molecule has 1 saturated carbocycles. The maximum absolute atomic E-state index is 12.4. The highest BCUT2D eigenvalue weighted by Crippen LogP contribution is 2.33. The molecule has 1 aliphatic heterocycles. The number of hydrogen-bond donors (Lipinski definition) is 1. The average Bonchev–Trinajstić information content (AvgIpc) is 2.63. The molecule has 2 aliphatic rings. The van der Waals surface area contributed by atoms with Gasteiger partial charge in [0.05, 0.1) is 0 Å². The molecule has 1 N–H and O–H groups in total. The number of nitrogens with one attached hydrogen (secondary N) is 1. The van der Waals surface area contributed by atoms with Crippen molar-refractivity contribution in [2.45, 2.75) is 56.9 Å². The third-order valence-electron chi connectivity index (χ3n) is 5.30. The van der Waals surface area contributed by atoms with Crippen LogP contribution >= 0.6 is 0 Å². The second-order valence-electron chi connectivity index (χ2n) is 6.84. The van der Waals surface area contributed by atoms with Crippen molar-refractivity contribution in [1.82, 2.24) is 4.90 Å². The smallest absolute Gasteiger partial charge is 0.321 e. The van der Waals surface area contributed by atoms with Crippen LogP contribution in [0.15, 0.2) is 24.3 Å². The molecule has 0 atom stereocenters. The van der Waals surface area contributed by atoms with Crippen LogP contribution in [0.5, 0.6) is 0 Å². The van der Waals surface area contributed by atoms with E-state index in [0.717, 1.165) is 31.7 Å². The molecule has 4 nitrogen and oxygen atoms in total. The molecule has 4 heteroatoms. The van der Waals surface area contributed by atoms with Gasteiger partial charge >= 0.3 is 6.03 Å². The SMILES string of the molecule is CN(C(=O)Nc1ccc(C2CCCCC2)cc1)C1CCOCC1. The highest BCUT2D eigenvalue weighted by atomic mass is 16.5. The van der Waals surface area contributed by atoms with Gasteiger partial charge < -0.3 is 15.0 Å². The summed E-state index contributed by atoms with van der Waals surface area (Å²) in [5.41, 5.74) is 2.30. The maximum atomic E-state index is 12.4. The number of carbonyl (C=O) groups excluding carboxylic acids is 1. The van der Waals surface area contributed by atoms with E-state index in [-0.39, 0.29) is 12.1 Å². The van der Waals surface area contributed by atoms with Gasteiger partial charge in [0.2, 0.25) is 0 Å². The largest absolute Gasteiger partial charge is 0.381 e. The Morgan fingerprint density at radius 1 is 1.04 bits per heavy atom. The number of amides is 2. The summed E-state index contributed by atoms with van der Waals surface area (Å²) in [4.78, 5) is 14.2. The first-order valence-electron chi connectivity index (χ1n) is 8.95. The molecule has 2 fully saturated rings. The lowest BCUT2D eigenvalue weighted by atomic mass is 9.84. The maximum Gasteiger partial charge on any atom is 0.321 e. The number of rotatable bonds is 3. The van der Waals surface area contributed by atoms with Gasteiger partial charge in [-0.05, 0) is 49.3 Å². The number of nitrogens with zero attached hydrogens (tertiary/aromatic N) is 1. The van der Waals surface area contributed by atoms with Gasteiger partial charge in [0.25, 0.3) is 0 Å². The van der Waals surface area contributed by atoms with Crippen molar-refractivity contribution in [3.8, 4) is 0 Å². The van der Waals surface area contributed by atoms with Crippen LogP contribution in [0, 0.1) is 0 Å². The standard InChI is InChI=1S/C19H28N2O2/c1-21(18-11-13-23-14-12-18)19(22)20-17-9-7-16(8-10-17)15-5-3-2-4-6-15/h7-10,15,18H,2-6,11-14H2,1H3,(H,20,22). The molecule has 23 heavy (non-hydrogen) atoms. The fraction of sp³-hybridized carbons (Fsp3) is 0.632. The van der Waals surface area contributed by atoms with Crippen molar-refractivity contribution >= 4 is 11.7 Å². The minimum absolute atomic E-state index is 0.0256. The summed E-state index contributed by atoms with van der Waals surface area (Å²) in [6.45, 7) is 1.50. The first-order valence-corrected chi connectivity index (χ1v) is 8.95. The number of carbonyl (C=O) groups is 1. The van der Waals surface area contributed by atoms with Crippen molar-refractivity contribution in [2.75, 3.05) is 25.6 Å². The Morgan fingerprint density at radius 3 is 2.35 bits per heavy atom. The first-order chi connectivity index (χ1) is 11.2. The molecule has 1 saturated heterocycles. The highest BCUT2D eigenvalue weighted by Gasteiger charge is 2.22. The minimum Gasteiger partial charge on any atom is -0.381 e. The molecule has 1 heterocycles. The number of benzene rings is 1. The zero-order chi connectivity index (χ0) is 16.1. The summed E-state index contributed by atoms with van der Waals surface area (Å²) >= 11 is 0. The summed E-state index contributed by atoms with van der Waals surface area (Å²) in [6.07, 6.45) is 8.52. The normalized spacial score (nSPS) is 20.2. The van der Waals surface area contributed by atoms with Crippen LogP contribution in [-0.4, -0.2) is 37.2 Å². The van der Waals surface area contributed by atoms with Crippen LogP contribution in [0.3, 0.4) is 0 Å². The zero-order valence-electron chi connectivity index (χ0n) is 14.1. The van der Waals surface area contributed by atoms with Crippen molar-refractivity contribution in [3.63, 3.8) is 0 Å². The molecule has 3 rings (SSSR count). The van der Waals surface area contributed by atoms with E-state index in [1.165, 1.54) is 37.7 Å². The Morgan fingerprint density at radius 2 is 1.70 bits per heavy atom. The van der Waals surface area contributed by atoms with Gasteiger partial charge in [0.1, 0.15) is 0 Å². The molecule has 0 aromatic heterocycles. The van der Waals surface area contributed by atoms with E-state index in [1.54, 1.807) is 0 Å². The van der Waals surface area contributed by atoms with Crippen LogP contribution in [-0.2, 0) is 4.74 Å². The van der Waals surface area contributed by atoms with Crippen LogP contribution in [0.25, 0.3) is 0 Å². The molecule has 1 aromatic carbocycles. The Labute approximate surface area is 139 Å². The summed E-state index contributed by atoms with van der Waals surface area (Å²) in [7, 11) is 1.88. The fourth-order valence-corrected chi connectivity index (χ4v) is 3.72. The molecule has 0 bridgehead atoms. The highest BCUT2D eigenvalue weighted by molar-refractivity contribution is 5.89. The third-order valence-corrected chi connectivity index (χ3v) is 5.30. The van der Waals surface area contributed by atoms with Crippen molar-refractivity contribution in [2.24, 2.45) is 0 Å². The van der Waals surface area contributed by atoms with Crippen LogP contribution in [0.4, 0.5) is 10.5 Å². The summed E-state index contributed by atoms with van der Waals surface area (Å²) < 4.78 is 5.36. The van der Waals surface area contributed by atoms with Gasteiger partial charge in [0, 0.05) is 32.0 Å². The van der Waals surface area contributed by atoms with E-state index >= 15 is 0 Å². The fourth-order valence-electron chi connectivity index (χ4n) is 3.72. The average molecular weight is 316 g/mol. The minimum atomic E-state index is -0.0256. The van der Waals surface area contributed by atoms with E-state index in [9.17, 15) is 4.79 Å². The lowest BCUT2D eigenvalue weighted by Crippen LogP contribution is -2.42. The monoisotopic (exact) mass is 316 g/mol. The Hall–Kier alpha value is -1.55. The Bertz CT molecular complexity index is 503. The van der Waals surface area contributed by atoms with Gasteiger partial charge in [-0.1, -0.05) is 31.4 Å². The van der Waals surface area contributed by atoms with Gasteiger partial charge in [-0.2, -0.15) is 0 Å². The lowest BCUT2D eigenvalue weighted by molar-refractivity contribution is 0.0544. The van der Waals surface area contributed by atoms with Crippen molar-refractivity contribution in [3.05, 3.63) is 29.8 Å². The molecular formula is C19H28N2O2. The van der Waals surface area contributed by atoms with E-state index in [4.69, 9.17) is 4.74 Å². The number of anilines is 1. The molecular weight excluding hydrogens is 288 g/mol. The summed E-state index contributed by atoms with van der Waals surface area (Å²) in [6, 6.07) is 8.70. The quantitative estimate of drug-likeness (QED) is 0.899. The number of urea groups is 1. The second-order valence-corrected chi connectivity index (χ2v) is 6.84. The van der Waals surface area contributed by atoms with E-state index in [1.807, 2.05) is 24.1 Å². The molecule has 1 aromatic rings. The van der Waals surface area contributed by atoms with E-state index < -0.39 is 0 Å². The predicted octanol–water partition coefficient (Wildman–Crippen LogP) is 4.38. The molecule has 126 valence electrons. The van der Waals surface area contributed by atoms with Gasteiger partial charge in [-0.25, -0.2) is 4.79 Å².